The highest BCUT2D eigenvalue weighted by Gasteiger charge is 2.38. The average Bonchev–Trinajstić information content (AvgIpc) is 3.50. The molecule has 1 aliphatic heterocycles. The molecule has 0 spiro atoms. The first-order valence-corrected chi connectivity index (χ1v) is 10.6. The fourth-order valence-corrected chi connectivity index (χ4v) is 3.45. The Morgan fingerprint density at radius 1 is 1.25 bits per heavy atom. The molecule has 0 saturated heterocycles. The van der Waals surface area contributed by atoms with Gasteiger partial charge < -0.3 is 29.4 Å². The third-order valence-corrected chi connectivity index (χ3v) is 5.21. The van der Waals surface area contributed by atoms with Crippen LogP contribution in [0.2, 0.25) is 0 Å². The molecular formula is C21H37NO6. The van der Waals surface area contributed by atoms with Crippen LogP contribution in [-0.4, -0.2) is 63.5 Å². The van der Waals surface area contributed by atoms with Crippen molar-refractivity contribution in [3.63, 3.8) is 0 Å². The van der Waals surface area contributed by atoms with Gasteiger partial charge in [-0.25, -0.2) is 0 Å². The zero-order valence-electron chi connectivity index (χ0n) is 17.5. The van der Waals surface area contributed by atoms with Crippen molar-refractivity contribution in [3.8, 4) is 0 Å². The molecule has 0 aromatic carbocycles. The predicted octanol–water partition coefficient (Wildman–Crippen LogP) is 2.09. The lowest BCUT2D eigenvalue weighted by molar-refractivity contribution is -0.177. The third kappa shape index (κ3) is 7.70. The summed E-state index contributed by atoms with van der Waals surface area (Å²) < 4.78 is 22.7. The molecular weight excluding hydrogens is 362 g/mol. The van der Waals surface area contributed by atoms with Gasteiger partial charge in [-0.2, -0.15) is 0 Å². The highest BCUT2D eigenvalue weighted by Crippen LogP contribution is 2.36. The van der Waals surface area contributed by atoms with E-state index in [-0.39, 0.29) is 24.3 Å². The second-order valence-electron chi connectivity index (χ2n) is 7.85. The summed E-state index contributed by atoms with van der Waals surface area (Å²) in [6.45, 7) is 9.38. The molecule has 7 heteroatoms. The number of rotatable bonds is 14. The van der Waals surface area contributed by atoms with Crippen LogP contribution in [0.3, 0.4) is 0 Å². The maximum atomic E-state index is 12.5. The summed E-state index contributed by atoms with van der Waals surface area (Å²) in [6, 6.07) is 0. The Kier molecular flexibility index (Phi) is 10.3. The SMILES string of the molecule is CCO[C@@H]1OC(C(=O)NCC2CC2)=C[C@H](C(C)C)[C@H]1CCOCCOCCO. The van der Waals surface area contributed by atoms with Crippen LogP contribution in [0.25, 0.3) is 0 Å². The summed E-state index contributed by atoms with van der Waals surface area (Å²) in [5.41, 5.74) is 0. The molecule has 1 amide bonds. The van der Waals surface area contributed by atoms with E-state index in [9.17, 15) is 4.79 Å². The van der Waals surface area contributed by atoms with Crippen LogP contribution in [0.5, 0.6) is 0 Å². The number of amides is 1. The van der Waals surface area contributed by atoms with E-state index in [1.54, 1.807) is 0 Å². The van der Waals surface area contributed by atoms with Crippen molar-refractivity contribution in [2.75, 3.05) is 46.2 Å². The Balaban J connectivity index is 1.91. The van der Waals surface area contributed by atoms with Crippen molar-refractivity contribution in [3.05, 3.63) is 11.8 Å². The van der Waals surface area contributed by atoms with Crippen molar-refractivity contribution in [2.45, 2.75) is 46.3 Å². The van der Waals surface area contributed by atoms with E-state index in [0.29, 0.717) is 50.6 Å². The molecule has 3 atom stereocenters. The summed E-state index contributed by atoms with van der Waals surface area (Å²) in [6.07, 6.45) is 4.70. The molecule has 28 heavy (non-hydrogen) atoms. The first-order valence-electron chi connectivity index (χ1n) is 10.6. The van der Waals surface area contributed by atoms with Crippen LogP contribution in [0.1, 0.15) is 40.0 Å². The smallest absolute Gasteiger partial charge is 0.286 e. The van der Waals surface area contributed by atoms with E-state index >= 15 is 0 Å². The molecule has 0 bridgehead atoms. The van der Waals surface area contributed by atoms with Crippen molar-refractivity contribution in [1.82, 2.24) is 5.32 Å². The first kappa shape index (κ1) is 23.1. The highest BCUT2D eigenvalue weighted by atomic mass is 16.7. The summed E-state index contributed by atoms with van der Waals surface area (Å²) in [5.74, 6) is 1.53. The van der Waals surface area contributed by atoms with Gasteiger partial charge in [0.05, 0.1) is 26.4 Å². The number of aliphatic hydroxyl groups is 1. The van der Waals surface area contributed by atoms with E-state index in [2.05, 4.69) is 19.2 Å². The van der Waals surface area contributed by atoms with Gasteiger partial charge in [-0.3, -0.25) is 4.79 Å². The summed E-state index contributed by atoms with van der Waals surface area (Å²) in [5, 5.41) is 11.7. The van der Waals surface area contributed by atoms with Gasteiger partial charge >= 0.3 is 0 Å². The fourth-order valence-electron chi connectivity index (χ4n) is 3.45. The zero-order valence-corrected chi connectivity index (χ0v) is 17.5. The second-order valence-corrected chi connectivity index (χ2v) is 7.85. The summed E-state index contributed by atoms with van der Waals surface area (Å²) in [4.78, 5) is 12.5. The number of carbonyl (C=O) groups is 1. The molecule has 1 heterocycles. The number of carbonyl (C=O) groups excluding carboxylic acids is 1. The fraction of sp³-hybridized carbons (Fsp3) is 0.857. The van der Waals surface area contributed by atoms with E-state index in [1.807, 2.05) is 13.0 Å². The van der Waals surface area contributed by atoms with Gasteiger partial charge in [-0.1, -0.05) is 13.8 Å². The molecule has 162 valence electrons. The van der Waals surface area contributed by atoms with Gasteiger partial charge in [0, 0.05) is 25.7 Å². The Bertz CT molecular complexity index is 491. The van der Waals surface area contributed by atoms with Crippen molar-refractivity contribution >= 4 is 5.91 Å². The number of ether oxygens (including phenoxy) is 4. The van der Waals surface area contributed by atoms with Crippen LogP contribution in [0.15, 0.2) is 11.8 Å². The number of aliphatic hydroxyl groups excluding tert-OH is 1. The maximum absolute atomic E-state index is 12.5. The minimum Gasteiger partial charge on any atom is -0.459 e. The molecule has 1 aliphatic carbocycles. The first-order chi connectivity index (χ1) is 13.6. The molecule has 1 fully saturated rings. The molecule has 7 nitrogen and oxygen atoms in total. The van der Waals surface area contributed by atoms with E-state index in [1.165, 1.54) is 12.8 Å². The predicted molar refractivity (Wildman–Crippen MR) is 105 cm³/mol. The number of nitrogens with one attached hydrogen (secondary N) is 1. The van der Waals surface area contributed by atoms with Gasteiger partial charge in [0.15, 0.2) is 5.76 Å². The van der Waals surface area contributed by atoms with Crippen molar-refractivity contribution in [2.24, 2.45) is 23.7 Å². The van der Waals surface area contributed by atoms with Gasteiger partial charge in [0.1, 0.15) is 0 Å². The van der Waals surface area contributed by atoms with Gasteiger partial charge in [0.25, 0.3) is 5.91 Å². The lowest BCUT2D eigenvalue weighted by atomic mass is 9.79. The van der Waals surface area contributed by atoms with Crippen LogP contribution in [-0.2, 0) is 23.7 Å². The largest absolute Gasteiger partial charge is 0.459 e. The summed E-state index contributed by atoms with van der Waals surface area (Å²) >= 11 is 0. The minimum atomic E-state index is -0.446. The van der Waals surface area contributed by atoms with Crippen molar-refractivity contribution < 1.29 is 28.8 Å². The van der Waals surface area contributed by atoms with E-state index < -0.39 is 6.29 Å². The Labute approximate surface area is 168 Å². The third-order valence-electron chi connectivity index (χ3n) is 5.21. The monoisotopic (exact) mass is 399 g/mol. The number of hydrogen-bond acceptors (Lipinski definition) is 6. The van der Waals surface area contributed by atoms with Gasteiger partial charge in [-0.15, -0.1) is 0 Å². The van der Waals surface area contributed by atoms with Gasteiger partial charge in [0.2, 0.25) is 6.29 Å². The molecule has 0 unspecified atom stereocenters. The summed E-state index contributed by atoms with van der Waals surface area (Å²) in [7, 11) is 0. The number of allylic oxidation sites excluding steroid dienone is 1. The molecule has 2 aliphatic rings. The molecule has 0 aromatic heterocycles. The van der Waals surface area contributed by atoms with Crippen molar-refractivity contribution in [1.29, 1.82) is 0 Å². The van der Waals surface area contributed by atoms with Crippen LogP contribution in [0, 0.1) is 23.7 Å². The zero-order chi connectivity index (χ0) is 20.4. The Hall–Kier alpha value is -1.15. The molecule has 0 aromatic rings. The normalized spacial score (nSPS) is 24.8. The van der Waals surface area contributed by atoms with E-state index in [4.69, 9.17) is 24.1 Å². The van der Waals surface area contributed by atoms with E-state index in [0.717, 1.165) is 13.0 Å². The van der Waals surface area contributed by atoms with Crippen LogP contribution >= 0.6 is 0 Å². The Morgan fingerprint density at radius 2 is 1.96 bits per heavy atom. The van der Waals surface area contributed by atoms with Gasteiger partial charge in [-0.05, 0) is 50.0 Å². The number of hydrogen-bond donors (Lipinski definition) is 2. The standard InChI is InChI=1S/C21H37NO6/c1-4-27-21-17(7-9-25-11-12-26-10-8-23)18(15(2)3)13-19(28-21)20(24)22-14-16-5-6-16/h13,15-18,21,23H,4-12,14H2,1-3H3,(H,22,24)/t17-,18-,21-/m1/s1. The highest BCUT2D eigenvalue weighted by molar-refractivity contribution is 5.91. The quantitative estimate of drug-likeness (QED) is 0.435. The molecule has 0 radical (unpaired) electrons. The molecule has 2 N–H and O–H groups in total. The topological polar surface area (TPSA) is 86.3 Å². The minimum absolute atomic E-state index is 0.0222. The lowest BCUT2D eigenvalue weighted by Crippen LogP contribution is -2.41. The van der Waals surface area contributed by atoms with Crippen LogP contribution in [0.4, 0.5) is 0 Å². The lowest BCUT2D eigenvalue weighted by Gasteiger charge is -2.38. The maximum Gasteiger partial charge on any atom is 0.286 e. The van der Waals surface area contributed by atoms with Crippen LogP contribution < -0.4 is 5.32 Å². The molecule has 2 rings (SSSR count). The Morgan fingerprint density at radius 3 is 2.57 bits per heavy atom. The molecule has 1 saturated carbocycles. The second kappa shape index (κ2) is 12.4. The average molecular weight is 400 g/mol.